The van der Waals surface area contributed by atoms with Gasteiger partial charge in [0, 0.05) is 35.6 Å². The van der Waals surface area contributed by atoms with Gasteiger partial charge in [-0.1, -0.05) is 12.8 Å². The molecule has 0 spiro atoms. The van der Waals surface area contributed by atoms with Crippen molar-refractivity contribution >= 4 is 34.5 Å². The molecule has 0 aromatic carbocycles. The first-order valence-electron chi connectivity index (χ1n) is 4.08. The molecule has 4 N–H and O–H groups in total. The number of hydrogen-bond acceptors (Lipinski definition) is 6. The van der Waals surface area contributed by atoms with E-state index >= 15 is 0 Å². The molecular weight excluding hydrogens is 287 g/mol. The van der Waals surface area contributed by atoms with Gasteiger partial charge in [0.15, 0.2) is 0 Å². The van der Waals surface area contributed by atoms with Gasteiger partial charge < -0.3 is 12.4 Å². The zero-order valence-corrected chi connectivity index (χ0v) is 13.5. The Morgan fingerprint density at radius 1 is 0.875 bits per heavy atom. The topological polar surface area (TPSA) is 116 Å². The summed E-state index contributed by atoms with van der Waals surface area (Å²) in [6, 6.07) is 0. The first-order valence-corrected chi connectivity index (χ1v) is 7.23. The van der Waals surface area contributed by atoms with Crippen molar-refractivity contribution in [1.82, 2.24) is 0 Å². The minimum atomic E-state index is -3.77. The monoisotopic (exact) mass is 304 g/mol. The van der Waals surface area contributed by atoms with Crippen LogP contribution in [0.15, 0.2) is 0 Å². The first kappa shape index (κ1) is 22.7. The van der Waals surface area contributed by atoms with Gasteiger partial charge in [0.05, 0.1) is 0 Å². The average molecular weight is 304 g/mol. The van der Waals surface area contributed by atoms with E-state index in [-0.39, 0.29) is 41.9 Å². The quantitative estimate of drug-likeness (QED) is 0.364. The zero-order chi connectivity index (χ0) is 9.57. The van der Waals surface area contributed by atoms with Crippen molar-refractivity contribution in [3.63, 3.8) is 0 Å². The second-order valence-corrected chi connectivity index (χ2v) is 5.80. The van der Waals surface area contributed by atoms with Gasteiger partial charge >= 0.3 is 40.0 Å². The van der Waals surface area contributed by atoms with Gasteiger partial charge in [-0.15, -0.1) is 0 Å². The minimum absolute atomic E-state index is 0. The van der Waals surface area contributed by atoms with Crippen molar-refractivity contribution in [1.29, 1.82) is 0 Å². The summed E-state index contributed by atoms with van der Waals surface area (Å²) < 4.78 is 30.8. The second kappa shape index (κ2) is 12.9. The van der Waals surface area contributed by atoms with Crippen LogP contribution in [-0.2, 0) is 17.7 Å². The van der Waals surface area contributed by atoms with Crippen molar-refractivity contribution in [2.24, 2.45) is 0 Å². The predicted octanol–water partition coefficient (Wildman–Crippen LogP) is -2.40. The predicted molar refractivity (Wildman–Crippen MR) is 62.8 cm³/mol. The summed E-state index contributed by atoms with van der Waals surface area (Å²) in [6.07, 6.45) is 4.23. The van der Waals surface area contributed by atoms with Gasteiger partial charge in [0.2, 0.25) is 0 Å². The summed E-state index contributed by atoms with van der Waals surface area (Å²) in [5.41, 5.74) is 0. The summed E-state index contributed by atoms with van der Waals surface area (Å²) in [7, 11) is -3.77. The van der Waals surface area contributed by atoms with Gasteiger partial charge in [0.25, 0.3) is 0 Å². The fraction of sp³-hybridized carbons (Fsp3) is 1.00. The van der Waals surface area contributed by atoms with E-state index in [0.717, 1.165) is 49.8 Å². The van der Waals surface area contributed by atoms with E-state index in [0.29, 0.717) is 11.5 Å². The molecule has 0 aromatic rings. The Bertz CT molecular complexity index is 222. The molecule has 1 aliphatic heterocycles. The van der Waals surface area contributed by atoms with Crippen LogP contribution in [0, 0.1) is 0 Å². The Morgan fingerprint density at radius 3 is 1.62 bits per heavy atom. The fourth-order valence-corrected chi connectivity index (χ4v) is 3.30. The van der Waals surface area contributed by atoms with Gasteiger partial charge in [0.1, 0.15) is 0 Å². The van der Waals surface area contributed by atoms with E-state index < -0.39 is 10.4 Å². The standard InChI is InChI=1S/C6H12O4S3.Na.2H2O.H/c7-13(8)9-11-5-3-1-2-4-6-12-10-13;;;;/h1-6H2;;2*1H2;/q;+1;;;-1. The maximum atomic E-state index is 10.9. The molecule has 0 amide bonds. The molecule has 0 bridgehead atoms. The van der Waals surface area contributed by atoms with Crippen molar-refractivity contribution in [2.45, 2.75) is 25.7 Å². The normalized spacial score (nSPS) is 21.2. The Labute approximate surface area is 128 Å². The molecule has 1 aliphatic rings. The Hall–Kier alpha value is 1.49. The van der Waals surface area contributed by atoms with Crippen LogP contribution in [0.2, 0.25) is 0 Å². The maximum absolute atomic E-state index is 10.9. The van der Waals surface area contributed by atoms with Crippen LogP contribution < -0.4 is 29.6 Å². The third-order valence-electron chi connectivity index (χ3n) is 1.47. The van der Waals surface area contributed by atoms with Crippen molar-refractivity contribution in [3.05, 3.63) is 0 Å². The van der Waals surface area contributed by atoms with Crippen LogP contribution in [0.1, 0.15) is 27.1 Å². The van der Waals surface area contributed by atoms with E-state index in [1.165, 1.54) is 0 Å². The molecular formula is C6H17NaO6S3. The Kier molecular flexibility index (Phi) is 18.3. The molecule has 0 aromatic heterocycles. The summed E-state index contributed by atoms with van der Waals surface area (Å²) >= 11 is 1.88. The SMILES string of the molecule is O.O.O=S1(=O)OSCCCCCCSO1.[H-].[Na+]. The van der Waals surface area contributed by atoms with Crippen molar-refractivity contribution < 1.29 is 57.6 Å². The summed E-state index contributed by atoms with van der Waals surface area (Å²) in [5.74, 6) is 1.40. The molecule has 6 nitrogen and oxygen atoms in total. The third-order valence-corrected chi connectivity index (χ3v) is 4.48. The van der Waals surface area contributed by atoms with Crippen molar-refractivity contribution in [2.75, 3.05) is 11.5 Å². The largest absolute Gasteiger partial charge is 1.00 e. The summed E-state index contributed by atoms with van der Waals surface area (Å²) in [5, 5.41) is 0. The molecule has 96 valence electrons. The van der Waals surface area contributed by atoms with Crippen molar-refractivity contribution in [3.8, 4) is 0 Å². The molecule has 1 fully saturated rings. The van der Waals surface area contributed by atoms with E-state index in [1.807, 2.05) is 0 Å². The Morgan fingerprint density at radius 2 is 1.25 bits per heavy atom. The summed E-state index contributed by atoms with van der Waals surface area (Å²) in [6.45, 7) is 0. The smallest absolute Gasteiger partial charge is 1.00 e. The maximum Gasteiger partial charge on any atom is 1.00 e. The molecule has 1 rings (SSSR count). The average Bonchev–Trinajstić information content (AvgIpc) is 2.10. The van der Waals surface area contributed by atoms with Crippen LogP contribution in [-0.4, -0.2) is 30.9 Å². The van der Waals surface area contributed by atoms with Gasteiger partial charge in [-0.05, 0) is 12.8 Å². The van der Waals surface area contributed by atoms with Gasteiger partial charge in [-0.25, -0.2) is 0 Å². The zero-order valence-electron chi connectivity index (χ0n) is 10.1. The molecule has 0 saturated carbocycles. The second-order valence-electron chi connectivity index (χ2n) is 2.60. The molecule has 0 aliphatic carbocycles. The fourth-order valence-electron chi connectivity index (χ4n) is 0.873. The van der Waals surface area contributed by atoms with Crippen LogP contribution >= 0.6 is 24.1 Å². The number of rotatable bonds is 0. The molecule has 1 heterocycles. The molecule has 1 saturated heterocycles. The first-order chi connectivity index (χ1) is 6.21. The van der Waals surface area contributed by atoms with E-state index in [9.17, 15) is 8.42 Å². The van der Waals surface area contributed by atoms with Crippen LogP contribution in [0.25, 0.3) is 0 Å². The van der Waals surface area contributed by atoms with Crippen LogP contribution in [0.4, 0.5) is 0 Å². The van der Waals surface area contributed by atoms with Crippen LogP contribution in [0.5, 0.6) is 0 Å². The summed E-state index contributed by atoms with van der Waals surface area (Å²) in [4.78, 5) is 0. The van der Waals surface area contributed by atoms with E-state index in [1.54, 1.807) is 0 Å². The van der Waals surface area contributed by atoms with E-state index in [4.69, 9.17) is 0 Å². The molecule has 10 heteroatoms. The van der Waals surface area contributed by atoms with E-state index in [2.05, 4.69) is 7.26 Å². The minimum Gasteiger partial charge on any atom is -1.00 e. The van der Waals surface area contributed by atoms with Gasteiger partial charge in [-0.3, -0.25) is 0 Å². The molecule has 0 radical (unpaired) electrons. The molecule has 0 atom stereocenters. The molecule has 0 unspecified atom stereocenters. The Balaban J connectivity index is -0.000000211. The van der Waals surface area contributed by atoms with Gasteiger partial charge in [-0.2, -0.15) is 15.7 Å². The number of hydrogen-bond donors (Lipinski definition) is 0. The molecule has 16 heavy (non-hydrogen) atoms. The third kappa shape index (κ3) is 12.0. The van der Waals surface area contributed by atoms with Crippen LogP contribution in [0.3, 0.4) is 0 Å².